The van der Waals surface area contributed by atoms with Crippen molar-refractivity contribution >= 4 is 0 Å². The number of aliphatic hydroxyl groups is 1. The van der Waals surface area contributed by atoms with Gasteiger partial charge in [0.05, 0.1) is 0 Å². The molecular weight excluding hydrogens is 257 g/mol. The van der Waals surface area contributed by atoms with Crippen molar-refractivity contribution in [2.45, 2.75) is 12.5 Å². The van der Waals surface area contributed by atoms with Gasteiger partial charge in [-0.05, 0) is 35.7 Å². The third-order valence-electron chi connectivity index (χ3n) is 3.06. The minimum atomic E-state index is -0.412. The summed E-state index contributed by atoms with van der Waals surface area (Å²) in [6.45, 7) is 0.296. The molecule has 1 atom stereocenters. The zero-order valence-corrected chi connectivity index (χ0v) is 11.1. The number of nitrogens with two attached hydrogens (primary N) is 1. The number of hydrogen-bond acceptors (Lipinski definition) is 3. The standard InChI is InChI=1S/C16H18FNO2/c17-14-6-3-5-13(10-14)16(11-18)20-15-7-2-1-4-12(15)8-9-19/h1-7,10,16,19H,8-9,11,18H2. The van der Waals surface area contributed by atoms with E-state index >= 15 is 0 Å². The third-order valence-corrected chi connectivity index (χ3v) is 3.06. The Kier molecular flexibility index (Phi) is 5.09. The summed E-state index contributed by atoms with van der Waals surface area (Å²) in [6.07, 6.45) is 0.0990. The van der Waals surface area contributed by atoms with E-state index < -0.39 is 6.10 Å². The van der Waals surface area contributed by atoms with Crippen LogP contribution in [-0.2, 0) is 6.42 Å². The minimum Gasteiger partial charge on any atom is -0.484 e. The van der Waals surface area contributed by atoms with Gasteiger partial charge in [-0.15, -0.1) is 0 Å². The van der Waals surface area contributed by atoms with Crippen LogP contribution in [0.25, 0.3) is 0 Å². The molecule has 0 bridgehead atoms. The summed E-state index contributed by atoms with van der Waals surface area (Å²) in [7, 11) is 0. The summed E-state index contributed by atoms with van der Waals surface area (Å²) in [5.41, 5.74) is 7.34. The highest BCUT2D eigenvalue weighted by Crippen LogP contribution is 2.25. The van der Waals surface area contributed by atoms with Crippen LogP contribution in [-0.4, -0.2) is 18.3 Å². The van der Waals surface area contributed by atoms with E-state index in [1.54, 1.807) is 12.1 Å². The molecule has 0 heterocycles. The second-order valence-electron chi connectivity index (χ2n) is 4.48. The van der Waals surface area contributed by atoms with Crippen LogP contribution in [0.2, 0.25) is 0 Å². The van der Waals surface area contributed by atoms with E-state index in [9.17, 15) is 4.39 Å². The van der Waals surface area contributed by atoms with Gasteiger partial charge < -0.3 is 15.6 Å². The largest absolute Gasteiger partial charge is 0.484 e. The van der Waals surface area contributed by atoms with Crippen LogP contribution in [0.3, 0.4) is 0 Å². The van der Waals surface area contributed by atoms with E-state index in [4.69, 9.17) is 15.6 Å². The van der Waals surface area contributed by atoms with Gasteiger partial charge in [-0.1, -0.05) is 30.3 Å². The van der Waals surface area contributed by atoms with Crippen LogP contribution in [0.4, 0.5) is 4.39 Å². The average molecular weight is 275 g/mol. The lowest BCUT2D eigenvalue weighted by atomic mass is 10.1. The summed E-state index contributed by atoms with van der Waals surface area (Å²) >= 11 is 0. The van der Waals surface area contributed by atoms with E-state index in [0.29, 0.717) is 17.7 Å². The van der Waals surface area contributed by atoms with Gasteiger partial charge in [0.1, 0.15) is 17.7 Å². The van der Waals surface area contributed by atoms with Crippen LogP contribution >= 0.6 is 0 Å². The van der Waals surface area contributed by atoms with Crippen LogP contribution < -0.4 is 10.5 Å². The highest BCUT2D eigenvalue weighted by molar-refractivity contribution is 5.34. The molecule has 0 amide bonds. The summed E-state index contributed by atoms with van der Waals surface area (Å²) < 4.78 is 19.2. The van der Waals surface area contributed by atoms with Gasteiger partial charge in [0, 0.05) is 13.2 Å². The Labute approximate surface area is 117 Å². The molecule has 106 valence electrons. The van der Waals surface area contributed by atoms with Crippen molar-refractivity contribution in [3.8, 4) is 5.75 Å². The average Bonchev–Trinajstić information content (AvgIpc) is 2.46. The van der Waals surface area contributed by atoms with Crippen molar-refractivity contribution in [2.75, 3.05) is 13.2 Å². The quantitative estimate of drug-likeness (QED) is 0.851. The van der Waals surface area contributed by atoms with Gasteiger partial charge in [-0.25, -0.2) is 4.39 Å². The molecule has 2 rings (SSSR count). The first-order valence-electron chi connectivity index (χ1n) is 6.55. The highest BCUT2D eigenvalue weighted by atomic mass is 19.1. The molecule has 2 aromatic carbocycles. The highest BCUT2D eigenvalue weighted by Gasteiger charge is 2.14. The predicted octanol–water partition coefficient (Wildman–Crippen LogP) is 2.44. The van der Waals surface area contributed by atoms with Gasteiger partial charge in [-0.2, -0.15) is 0 Å². The first-order chi connectivity index (χ1) is 9.74. The number of para-hydroxylation sites is 1. The molecule has 0 aliphatic heterocycles. The number of rotatable bonds is 6. The molecule has 0 spiro atoms. The molecule has 3 N–H and O–H groups in total. The molecule has 2 aromatic rings. The maximum Gasteiger partial charge on any atom is 0.136 e. The molecular formula is C16H18FNO2. The SMILES string of the molecule is NCC(Oc1ccccc1CCO)c1cccc(F)c1. The van der Waals surface area contributed by atoms with E-state index in [1.165, 1.54) is 12.1 Å². The number of benzene rings is 2. The van der Waals surface area contributed by atoms with Crippen molar-refractivity contribution < 1.29 is 14.2 Å². The molecule has 0 saturated heterocycles. The Morgan fingerprint density at radius 1 is 1.15 bits per heavy atom. The molecule has 4 heteroatoms. The maximum atomic E-state index is 13.3. The molecule has 0 saturated carbocycles. The lowest BCUT2D eigenvalue weighted by Gasteiger charge is -2.20. The van der Waals surface area contributed by atoms with Crippen molar-refractivity contribution in [2.24, 2.45) is 5.73 Å². The van der Waals surface area contributed by atoms with E-state index in [2.05, 4.69) is 0 Å². The summed E-state index contributed by atoms with van der Waals surface area (Å²) in [5.74, 6) is 0.356. The zero-order chi connectivity index (χ0) is 14.4. The van der Waals surface area contributed by atoms with Crippen molar-refractivity contribution in [1.29, 1.82) is 0 Å². The number of ether oxygens (including phenoxy) is 1. The smallest absolute Gasteiger partial charge is 0.136 e. The Balaban J connectivity index is 2.22. The minimum absolute atomic E-state index is 0.0492. The van der Waals surface area contributed by atoms with Crippen LogP contribution in [0.15, 0.2) is 48.5 Å². The first kappa shape index (κ1) is 14.5. The van der Waals surface area contributed by atoms with E-state index in [1.807, 2.05) is 24.3 Å². The molecule has 0 radical (unpaired) electrons. The van der Waals surface area contributed by atoms with Crippen LogP contribution in [0, 0.1) is 5.82 Å². The van der Waals surface area contributed by atoms with Gasteiger partial charge in [0.2, 0.25) is 0 Å². The van der Waals surface area contributed by atoms with E-state index in [-0.39, 0.29) is 19.0 Å². The maximum absolute atomic E-state index is 13.3. The van der Waals surface area contributed by atoms with Gasteiger partial charge in [0.15, 0.2) is 0 Å². The summed E-state index contributed by atoms with van der Waals surface area (Å²) in [5, 5.41) is 9.06. The molecule has 0 aliphatic carbocycles. The lowest BCUT2D eigenvalue weighted by Crippen LogP contribution is -2.19. The lowest BCUT2D eigenvalue weighted by molar-refractivity contribution is 0.209. The Morgan fingerprint density at radius 2 is 1.95 bits per heavy atom. The predicted molar refractivity (Wildman–Crippen MR) is 76.1 cm³/mol. The fraction of sp³-hybridized carbons (Fsp3) is 0.250. The van der Waals surface area contributed by atoms with E-state index in [0.717, 1.165) is 5.56 Å². The normalized spacial score (nSPS) is 12.2. The summed E-state index contributed by atoms with van der Waals surface area (Å²) in [4.78, 5) is 0. The Hall–Kier alpha value is -1.91. The molecule has 0 fully saturated rings. The van der Waals surface area contributed by atoms with Gasteiger partial charge in [-0.3, -0.25) is 0 Å². The fourth-order valence-electron chi connectivity index (χ4n) is 2.06. The number of aliphatic hydroxyl groups excluding tert-OH is 1. The molecule has 0 aromatic heterocycles. The molecule has 0 aliphatic rings. The van der Waals surface area contributed by atoms with Crippen LogP contribution in [0.1, 0.15) is 17.2 Å². The van der Waals surface area contributed by atoms with Crippen LogP contribution in [0.5, 0.6) is 5.75 Å². The zero-order valence-electron chi connectivity index (χ0n) is 11.1. The third kappa shape index (κ3) is 3.56. The summed E-state index contributed by atoms with van der Waals surface area (Å²) in [6, 6.07) is 13.7. The van der Waals surface area contributed by atoms with Crippen molar-refractivity contribution in [3.05, 3.63) is 65.5 Å². The van der Waals surface area contributed by atoms with Gasteiger partial charge >= 0.3 is 0 Å². The van der Waals surface area contributed by atoms with Gasteiger partial charge in [0.25, 0.3) is 0 Å². The second-order valence-corrected chi connectivity index (χ2v) is 4.48. The Morgan fingerprint density at radius 3 is 2.65 bits per heavy atom. The number of halogens is 1. The monoisotopic (exact) mass is 275 g/mol. The fourth-order valence-corrected chi connectivity index (χ4v) is 2.06. The van der Waals surface area contributed by atoms with Crippen molar-refractivity contribution in [1.82, 2.24) is 0 Å². The molecule has 1 unspecified atom stereocenters. The Bertz CT molecular complexity index is 560. The first-order valence-corrected chi connectivity index (χ1v) is 6.55. The second kappa shape index (κ2) is 7.03. The van der Waals surface area contributed by atoms with Crippen molar-refractivity contribution in [3.63, 3.8) is 0 Å². The topological polar surface area (TPSA) is 55.5 Å². The molecule has 20 heavy (non-hydrogen) atoms. The molecule has 3 nitrogen and oxygen atoms in total. The number of hydrogen-bond donors (Lipinski definition) is 2.